The maximum absolute atomic E-state index is 4.19. The zero-order chi connectivity index (χ0) is 7.82. The van der Waals surface area contributed by atoms with Crippen LogP contribution in [-0.2, 0) is 0 Å². The van der Waals surface area contributed by atoms with Gasteiger partial charge in [0.25, 0.3) is 0 Å². The van der Waals surface area contributed by atoms with Crippen LogP contribution in [0.4, 0.5) is 0 Å². The predicted molar refractivity (Wildman–Crippen MR) is 49.8 cm³/mol. The molecule has 0 aliphatic rings. The van der Waals surface area contributed by atoms with Gasteiger partial charge in [0, 0.05) is 18.8 Å². The Morgan fingerprint density at radius 3 is 2.50 bits per heavy atom. The minimum Gasteiger partial charge on any atom is -0.316 e. The summed E-state index contributed by atoms with van der Waals surface area (Å²) in [5.74, 6) is 0.836. The van der Waals surface area contributed by atoms with Crippen LogP contribution in [0.25, 0.3) is 0 Å². The number of likely N-dealkylation sites (N-methyl/N-ethyl adjacent to an activating group) is 2. The third kappa shape index (κ3) is 4.85. The molecule has 2 nitrogen and oxygen atoms in total. The van der Waals surface area contributed by atoms with Gasteiger partial charge in [0.15, 0.2) is 0 Å². The fourth-order valence-electron chi connectivity index (χ4n) is 0.666. The van der Waals surface area contributed by atoms with Crippen LogP contribution < -0.4 is 10.6 Å². The van der Waals surface area contributed by atoms with E-state index in [4.69, 9.17) is 0 Å². The Bertz CT molecular complexity index is 102. The van der Waals surface area contributed by atoms with Gasteiger partial charge in [-0.15, -0.1) is 0 Å². The van der Waals surface area contributed by atoms with Gasteiger partial charge >= 0.3 is 0 Å². The minimum atomic E-state index is 0.836. The van der Waals surface area contributed by atoms with Crippen LogP contribution in [0.15, 0.2) is 11.6 Å². The summed E-state index contributed by atoms with van der Waals surface area (Å²) in [6, 6.07) is 0. The highest BCUT2D eigenvalue weighted by molar-refractivity contribution is 7.80. The maximum atomic E-state index is 4.19. The van der Waals surface area contributed by atoms with Crippen LogP contribution in [0, 0.1) is 0 Å². The average Bonchev–Trinajstić information content (AvgIpc) is 1.98. The van der Waals surface area contributed by atoms with Crippen molar-refractivity contribution in [1.29, 1.82) is 0 Å². The third-order valence-electron chi connectivity index (χ3n) is 1.20. The first-order chi connectivity index (χ1) is 4.85. The van der Waals surface area contributed by atoms with E-state index in [9.17, 15) is 0 Å². The lowest BCUT2D eigenvalue weighted by Gasteiger charge is -2.01. The van der Waals surface area contributed by atoms with E-state index in [-0.39, 0.29) is 0 Å². The number of hydrogen-bond donors (Lipinski definition) is 3. The third-order valence-corrected chi connectivity index (χ3v) is 1.61. The van der Waals surface area contributed by atoms with E-state index in [1.165, 1.54) is 5.57 Å². The van der Waals surface area contributed by atoms with E-state index in [2.05, 4.69) is 29.3 Å². The molecule has 0 fully saturated rings. The van der Waals surface area contributed by atoms with Crippen molar-refractivity contribution in [2.45, 2.75) is 0 Å². The number of thiol groups is 1. The van der Waals surface area contributed by atoms with Crippen LogP contribution in [0.3, 0.4) is 0 Å². The second-order valence-electron chi connectivity index (χ2n) is 2.11. The first-order valence-electron chi connectivity index (χ1n) is 3.43. The van der Waals surface area contributed by atoms with E-state index in [1.54, 1.807) is 0 Å². The molecule has 0 atom stereocenters. The molecule has 0 aliphatic heterocycles. The minimum absolute atomic E-state index is 0.836. The number of hydrogen-bond acceptors (Lipinski definition) is 3. The van der Waals surface area contributed by atoms with E-state index in [1.807, 2.05) is 14.1 Å². The fourth-order valence-corrected chi connectivity index (χ4v) is 0.907. The molecule has 0 saturated heterocycles. The highest BCUT2D eigenvalue weighted by Gasteiger charge is 1.89. The van der Waals surface area contributed by atoms with Gasteiger partial charge in [-0.05, 0) is 19.7 Å². The van der Waals surface area contributed by atoms with E-state index >= 15 is 0 Å². The van der Waals surface area contributed by atoms with Gasteiger partial charge < -0.3 is 10.6 Å². The largest absolute Gasteiger partial charge is 0.316 e. The maximum Gasteiger partial charge on any atom is 0.0170 e. The fraction of sp³-hybridized carbons (Fsp3) is 0.714. The molecule has 0 amide bonds. The summed E-state index contributed by atoms with van der Waals surface area (Å²) in [4.78, 5) is 0. The monoisotopic (exact) mass is 160 g/mol. The lowest BCUT2D eigenvalue weighted by atomic mass is 10.3. The van der Waals surface area contributed by atoms with E-state index in [0.29, 0.717) is 0 Å². The SMILES string of the molecule is CNC/C=C(/CS)CNC. The smallest absolute Gasteiger partial charge is 0.0170 e. The van der Waals surface area contributed by atoms with Crippen molar-refractivity contribution in [3.8, 4) is 0 Å². The second kappa shape index (κ2) is 7.12. The van der Waals surface area contributed by atoms with Crippen molar-refractivity contribution in [2.75, 3.05) is 32.9 Å². The Kier molecular flexibility index (Phi) is 7.13. The topological polar surface area (TPSA) is 24.1 Å². The summed E-state index contributed by atoms with van der Waals surface area (Å²) in [5.41, 5.74) is 1.33. The van der Waals surface area contributed by atoms with Crippen LogP contribution in [0.2, 0.25) is 0 Å². The lowest BCUT2D eigenvalue weighted by Crippen LogP contribution is -2.14. The van der Waals surface area contributed by atoms with Crippen LogP contribution in [0.1, 0.15) is 0 Å². The van der Waals surface area contributed by atoms with Crippen LogP contribution in [0.5, 0.6) is 0 Å². The first kappa shape index (κ1) is 10.0. The van der Waals surface area contributed by atoms with Crippen molar-refractivity contribution < 1.29 is 0 Å². The zero-order valence-electron chi connectivity index (χ0n) is 6.65. The van der Waals surface area contributed by atoms with Crippen molar-refractivity contribution in [2.24, 2.45) is 0 Å². The summed E-state index contributed by atoms with van der Waals surface area (Å²) in [7, 11) is 3.88. The molecule has 0 aromatic heterocycles. The van der Waals surface area contributed by atoms with Gasteiger partial charge in [-0.3, -0.25) is 0 Å². The Morgan fingerprint density at radius 2 is 2.10 bits per heavy atom. The van der Waals surface area contributed by atoms with Gasteiger partial charge in [-0.1, -0.05) is 6.08 Å². The van der Waals surface area contributed by atoms with Gasteiger partial charge in [-0.2, -0.15) is 12.6 Å². The van der Waals surface area contributed by atoms with Crippen molar-refractivity contribution >= 4 is 12.6 Å². The van der Waals surface area contributed by atoms with Gasteiger partial charge in [0.1, 0.15) is 0 Å². The molecule has 0 unspecified atom stereocenters. The highest BCUT2D eigenvalue weighted by Crippen LogP contribution is 1.93. The molecule has 0 spiro atoms. The summed E-state index contributed by atoms with van der Waals surface area (Å²) in [5, 5.41) is 6.14. The zero-order valence-corrected chi connectivity index (χ0v) is 7.54. The van der Waals surface area contributed by atoms with Crippen molar-refractivity contribution in [1.82, 2.24) is 10.6 Å². The molecular weight excluding hydrogens is 144 g/mol. The van der Waals surface area contributed by atoms with Gasteiger partial charge in [0.2, 0.25) is 0 Å². The van der Waals surface area contributed by atoms with Crippen LogP contribution >= 0.6 is 12.6 Å². The molecule has 0 aromatic carbocycles. The van der Waals surface area contributed by atoms with Crippen molar-refractivity contribution in [3.63, 3.8) is 0 Å². The predicted octanol–water partition coefficient (Wildman–Crippen LogP) is 0.281. The molecule has 0 bridgehead atoms. The molecule has 0 aliphatic carbocycles. The standard InChI is InChI=1S/C7H16N2S/c1-8-4-3-7(6-10)5-9-2/h3,8-10H,4-6H2,1-2H3/b7-3+. The van der Waals surface area contributed by atoms with Crippen molar-refractivity contribution in [3.05, 3.63) is 11.6 Å². The highest BCUT2D eigenvalue weighted by atomic mass is 32.1. The Hall–Kier alpha value is 0.01000. The summed E-state index contributed by atoms with van der Waals surface area (Å²) < 4.78 is 0. The Labute approximate surface area is 68.5 Å². The summed E-state index contributed by atoms with van der Waals surface area (Å²) in [6.07, 6.45) is 2.16. The average molecular weight is 160 g/mol. The Balaban J connectivity index is 3.55. The summed E-state index contributed by atoms with van der Waals surface area (Å²) in [6.45, 7) is 1.86. The van der Waals surface area contributed by atoms with Gasteiger partial charge in [0.05, 0.1) is 0 Å². The summed E-state index contributed by atoms with van der Waals surface area (Å²) >= 11 is 4.19. The van der Waals surface area contributed by atoms with E-state index in [0.717, 1.165) is 18.8 Å². The molecule has 0 radical (unpaired) electrons. The van der Waals surface area contributed by atoms with Crippen LogP contribution in [-0.4, -0.2) is 32.9 Å². The quantitative estimate of drug-likeness (QED) is 0.397. The number of rotatable bonds is 5. The lowest BCUT2D eigenvalue weighted by molar-refractivity contribution is 0.859. The molecular formula is C7H16N2S. The van der Waals surface area contributed by atoms with Gasteiger partial charge in [-0.25, -0.2) is 0 Å². The molecule has 0 rings (SSSR count). The molecule has 0 aromatic rings. The second-order valence-corrected chi connectivity index (χ2v) is 2.42. The van der Waals surface area contributed by atoms with E-state index < -0.39 is 0 Å². The molecule has 0 saturated carbocycles. The molecule has 0 heterocycles. The molecule has 3 heteroatoms. The molecule has 60 valence electrons. The molecule has 10 heavy (non-hydrogen) atoms. The molecule has 2 N–H and O–H groups in total. The Morgan fingerprint density at radius 1 is 1.40 bits per heavy atom. The number of nitrogens with one attached hydrogen (secondary N) is 2. The normalized spacial score (nSPS) is 12.1. The first-order valence-corrected chi connectivity index (χ1v) is 4.06.